The number of rotatable bonds is 5. The van der Waals surface area contributed by atoms with Crippen LogP contribution >= 0.6 is 0 Å². The Hall–Kier alpha value is -2.62. The number of aliphatic carboxylic acids is 1. The third kappa shape index (κ3) is 3.35. The summed E-state index contributed by atoms with van der Waals surface area (Å²) in [5, 5.41) is 12.9. The molecule has 4 fully saturated rings. The summed E-state index contributed by atoms with van der Waals surface area (Å²) >= 11 is 0. The molecule has 2 aromatic rings. The molecule has 4 saturated carbocycles. The van der Waals surface area contributed by atoms with Crippen LogP contribution in [0.3, 0.4) is 0 Å². The number of carbonyl (C=O) groups excluding carboxylic acids is 1. The highest BCUT2D eigenvalue weighted by Gasteiger charge is 2.56. The van der Waals surface area contributed by atoms with E-state index in [1.165, 1.54) is 19.3 Å². The second-order valence-corrected chi connectivity index (χ2v) is 9.47. The normalized spacial score (nSPS) is 30.7. The van der Waals surface area contributed by atoms with Crippen LogP contribution in [0.1, 0.15) is 48.9 Å². The van der Waals surface area contributed by atoms with Crippen LogP contribution in [0, 0.1) is 23.2 Å². The predicted molar refractivity (Wildman–Crippen MR) is 111 cm³/mol. The molecule has 1 atom stereocenters. The van der Waals surface area contributed by atoms with Gasteiger partial charge in [-0.1, -0.05) is 42.5 Å². The van der Waals surface area contributed by atoms with Crippen LogP contribution in [0.25, 0.3) is 11.1 Å². The van der Waals surface area contributed by atoms with E-state index in [-0.39, 0.29) is 11.3 Å². The van der Waals surface area contributed by atoms with Crippen molar-refractivity contribution in [3.05, 3.63) is 60.2 Å². The number of hydrogen-bond acceptors (Lipinski definition) is 2. The van der Waals surface area contributed by atoms with Crippen LogP contribution in [0.5, 0.6) is 0 Å². The van der Waals surface area contributed by atoms with Crippen molar-refractivity contribution in [2.45, 2.75) is 44.6 Å². The summed E-state index contributed by atoms with van der Waals surface area (Å²) in [5.41, 5.74) is 2.38. The van der Waals surface area contributed by atoms with Crippen molar-refractivity contribution in [3.8, 4) is 11.1 Å². The second-order valence-electron chi connectivity index (χ2n) is 9.47. The Morgan fingerprint density at radius 2 is 1.34 bits per heavy atom. The maximum atomic E-state index is 12.9. The van der Waals surface area contributed by atoms with Crippen molar-refractivity contribution in [1.82, 2.24) is 5.32 Å². The number of benzene rings is 2. The monoisotopic (exact) mass is 389 g/mol. The van der Waals surface area contributed by atoms with Crippen LogP contribution in [0.2, 0.25) is 0 Å². The van der Waals surface area contributed by atoms with Crippen LogP contribution in [0.15, 0.2) is 54.6 Å². The first-order chi connectivity index (χ1) is 14.0. The molecule has 6 rings (SSSR count). The molecule has 0 spiro atoms. The molecular formula is C25H27NO3. The van der Waals surface area contributed by atoms with E-state index in [2.05, 4.69) is 5.32 Å². The molecule has 150 valence electrons. The highest BCUT2D eigenvalue weighted by atomic mass is 16.4. The minimum Gasteiger partial charge on any atom is -0.480 e. The standard InChI is InChI=1S/C25H27NO3/c27-23(21-8-6-20(7-9-21)19-4-2-1-3-5-19)26-22(24(28)29)25-13-16-10-17(14-25)12-18(11-16)15-25/h1-9,16-18,22H,10-15H2,(H,26,27)(H,28,29)/t16?,17?,18?,22-,25?/m1/s1. The van der Waals surface area contributed by atoms with Crippen LogP contribution < -0.4 is 5.32 Å². The van der Waals surface area contributed by atoms with Crippen molar-refractivity contribution in [2.75, 3.05) is 0 Å². The molecule has 29 heavy (non-hydrogen) atoms. The zero-order valence-corrected chi connectivity index (χ0v) is 16.5. The smallest absolute Gasteiger partial charge is 0.326 e. The van der Waals surface area contributed by atoms with Gasteiger partial charge in [0, 0.05) is 11.0 Å². The minimum absolute atomic E-state index is 0.264. The third-order valence-corrected chi connectivity index (χ3v) is 7.47. The van der Waals surface area contributed by atoms with E-state index in [0.717, 1.165) is 30.4 Å². The maximum Gasteiger partial charge on any atom is 0.326 e. The molecule has 0 radical (unpaired) electrons. The van der Waals surface area contributed by atoms with Gasteiger partial charge in [0.1, 0.15) is 6.04 Å². The summed E-state index contributed by atoms with van der Waals surface area (Å²) in [6.07, 6.45) is 6.59. The molecule has 4 aliphatic carbocycles. The number of carboxylic acids is 1. The van der Waals surface area contributed by atoms with Crippen molar-refractivity contribution in [3.63, 3.8) is 0 Å². The van der Waals surface area contributed by atoms with E-state index >= 15 is 0 Å². The van der Waals surface area contributed by atoms with Crippen LogP contribution in [-0.4, -0.2) is 23.0 Å². The van der Waals surface area contributed by atoms with Crippen molar-refractivity contribution >= 4 is 11.9 Å². The molecule has 4 heteroatoms. The van der Waals surface area contributed by atoms with E-state index in [1.54, 1.807) is 12.1 Å². The second kappa shape index (κ2) is 7.01. The Kier molecular flexibility index (Phi) is 4.45. The van der Waals surface area contributed by atoms with E-state index in [4.69, 9.17) is 0 Å². The van der Waals surface area contributed by atoms with Crippen molar-refractivity contribution < 1.29 is 14.7 Å². The third-order valence-electron chi connectivity index (χ3n) is 7.47. The first kappa shape index (κ1) is 18.4. The highest BCUT2D eigenvalue weighted by molar-refractivity contribution is 5.97. The van der Waals surface area contributed by atoms with Gasteiger partial charge >= 0.3 is 5.97 Å². The van der Waals surface area contributed by atoms with E-state index in [9.17, 15) is 14.7 Å². The zero-order chi connectivity index (χ0) is 20.0. The molecular weight excluding hydrogens is 362 g/mol. The Labute approximate surface area is 171 Å². The number of carbonyl (C=O) groups is 2. The van der Waals surface area contributed by atoms with Gasteiger partial charge in [-0.05, 0) is 79.5 Å². The van der Waals surface area contributed by atoms with Gasteiger partial charge in [-0.15, -0.1) is 0 Å². The van der Waals surface area contributed by atoms with Crippen LogP contribution in [-0.2, 0) is 4.79 Å². The molecule has 0 unspecified atom stereocenters. The maximum absolute atomic E-state index is 12.9. The number of amides is 1. The number of nitrogens with one attached hydrogen (secondary N) is 1. The lowest BCUT2D eigenvalue weighted by Gasteiger charge is -2.58. The summed E-state index contributed by atoms with van der Waals surface area (Å²) in [4.78, 5) is 25.1. The molecule has 4 bridgehead atoms. The lowest BCUT2D eigenvalue weighted by atomic mass is 9.47. The molecule has 4 nitrogen and oxygen atoms in total. The van der Waals surface area contributed by atoms with Gasteiger partial charge in [-0.3, -0.25) is 4.79 Å². The minimum atomic E-state index is -0.888. The van der Waals surface area contributed by atoms with E-state index in [0.29, 0.717) is 23.3 Å². The summed E-state index contributed by atoms with van der Waals surface area (Å²) in [5.74, 6) is 0.759. The molecule has 4 aliphatic rings. The van der Waals surface area contributed by atoms with Gasteiger partial charge in [-0.2, -0.15) is 0 Å². The summed E-state index contributed by atoms with van der Waals surface area (Å²) < 4.78 is 0. The zero-order valence-electron chi connectivity index (χ0n) is 16.5. The van der Waals surface area contributed by atoms with Crippen LogP contribution in [0.4, 0.5) is 0 Å². The van der Waals surface area contributed by atoms with Gasteiger partial charge in [0.15, 0.2) is 0 Å². The van der Waals surface area contributed by atoms with Gasteiger partial charge in [0.25, 0.3) is 5.91 Å². The van der Waals surface area contributed by atoms with Gasteiger partial charge in [0.05, 0.1) is 0 Å². The molecule has 2 aromatic carbocycles. The Morgan fingerprint density at radius 1 is 0.828 bits per heavy atom. The van der Waals surface area contributed by atoms with E-state index < -0.39 is 12.0 Å². The molecule has 0 heterocycles. The average molecular weight is 389 g/mol. The predicted octanol–water partition coefficient (Wildman–Crippen LogP) is 4.75. The summed E-state index contributed by atoms with van der Waals surface area (Å²) in [7, 11) is 0. The lowest BCUT2D eigenvalue weighted by Crippen LogP contribution is -2.59. The number of hydrogen-bond donors (Lipinski definition) is 2. The summed E-state index contributed by atoms with van der Waals surface area (Å²) in [6.45, 7) is 0. The summed E-state index contributed by atoms with van der Waals surface area (Å²) in [6, 6.07) is 16.6. The SMILES string of the molecule is O=C(N[C@H](C(=O)O)C12CC3CC(CC(C3)C1)C2)c1ccc(-c2ccccc2)cc1. The molecule has 1 amide bonds. The fourth-order valence-electron chi connectivity index (χ4n) is 6.67. The Bertz CT molecular complexity index is 884. The fourth-order valence-corrected chi connectivity index (χ4v) is 6.67. The molecule has 0 aliphatic heterocycles. The fraction of sp³-hybridized carbons (Fsp3) is 0.440. The molecule has 0 saturated heterocycles. The first-order valence-corrected chi connectivity index (χ1v) is 10.7. The van der Waals surface area contributed by atoms with E-state index in [1.807, 2.05) is 42.5 Å². The van der Waals surface area contributed by atoms with Crippen molar-refractivity contribution in [2.24, 2.45) is 23.2 Å². The first-order valence-electron chi connectivity index (χ1n) is 10.7. The Balaban J connectivity index is 1.35. The quantitative estimate of drug-likeness (QED) is 0.775. The molecule has 0 aromatic heterocycles. The van der Waals surface area contributed by atoms with Gasteiger partial charge in [0.2, 0.25) is 0 Å². The highest BCUT2D eigenvalue weighted by Crippen LogP contribution is 2.61. The van der Waals surface area contributed by atoms with Gasteiger partial charge in [-0.25, -0.2) is 4.79 Å². The number of carboxylic acid groups (broad SMARTS) is 1. The topological polar surface area (TPSA) is 66.4 Å². The average Bonchev–Trinajstić information content (AvgIpc) is 2.71. The van der Waals surface area contributed by atoms with Crippen molar-refractivity contribution in [1.29, 1.82) is 0 Å². The Morgan fingerprint density at radius 3 is 1.86 bits per heavy atom. The lowest BCUT2D eigenvalue weighted by molar-refractivity contribution is -0.150. The molecule has 2 N–H and O–H groups in total. The van der Waals surface area contributed by atoms with Gasteiger partial charge < -0.3 is 10.4 Å². The largest absolute Gasteiger partial charge is 0.480 e.